The summed E-state index contributed by atoms with van der Waals surface area (Å²) in [4.78, 5) is 50.7. The van der Waals surface area contributed by atoms with E-state index in [4.69, 9.17) is 14.2 Å². The number of nitrogens with one attached hydrogen (secondary N) is 2. The number of carbonyl (C=O) groups is 4. The Kier molecular flexibility index (Phi) is 9.10. The Morgan fingerprint density at radius 2 is 1.74 bits per heavy atom. The zero-order valence-corrected chi connectivity index (χ0v) is 23.4. The van der Waals surface area contributed by atoms with E-state index in [1.54, 1.807) is 36.4 Å². The number of methoxy groups -OCH3 is 2. The molecule has 1 heterocycles. The number of carbonyl (C=O) groups excluding carboxylic acids is 4. The third-order valence-corrected chi connectivity index (χ3v) is 7.76. The maximum atomic E-state index is 12.5. The number of hydrazone groups is 1. The van der Waals surface area contributed by atoms with E-state index < -0.39 is 23.8 Å². The van der Waals surface area contributed by atoms with E-state index in [-0.39, 0.29) is 16.5 Å². The van der Waals surface area contributed by atoms with Crippen molar-refractivity contribution < 1.29 is 33.4 Å². The normalized spacial score (nSPS) is 12.4. The predicted molar refractivity (Wildman–Crippen MR) is 149 cm³/mol. The summed E-state index contributed by atoms with van der Waals surface area (Å²) in [7, 11) is 2.69. The molecule has 3 aromatic rings. The van der Waals surface area contributed by atoms with Crippen molar-refractivity contribution >= 4 is 62.2 Å². The minimum atomic E-state index is -1.01. The molecule has 202 valence electrons. The Labute approximate surface area is 236 Å². The molecule has 2 N–H and O–H groups in total. The van der Waals surface area contributed by atoms with E-state index in [1.807, 2.05) is 0 Å². The van der Waals surface area contributed by atoms with Crippen LogP contribution in [0.4, 0.5) is 5.00 Å². The zero-order chi connectivity index (χ0) is 27.9. The van der Waals surface area contributed by atoms with Crippen molar-refractivity contribution in [2.45, 2.75) is 25.7 Å². The Bertz CT molecular complexity index is 1470. The van der Waals surface area contributed by atoms with Crippen molar-refractivity contribution in [1.82, 2.24) is 5.43 Å². The number of aryl methyl sites for hydroxylation is 1. The SMILES string of the molecule is COC(=O)c1c(NC(=O)C(=O)N/N=C/c2ccc(OC(=O)c3ccccc3Br)c(OC)c2)sc2c1CCCC2. The van der Waals surface area contributed by atoms with Crippen molar-refractivity contribution in [3.63, 3.8) is 0 Å². The number of fused-ring (bicyclic) bond motifs is 1. The topological polar surface area (TPSA) is 132 Å². The molecule has 2 amide bonds. The highest BCUT2D eigenvalue weighted by molar-refractivity contribution is 9.10. The van der Waals surface area contributed by atoms with Gasteiger partial charge in [-0.25, -0.2) is 15.0 Å². The molecule has 12 heteroatoms. The number of ether oxygens (including phenoxy) is 3. The van der Waals surface area contributed by atoms with Crippen molar-refractivity contribution in [3.8, 4) is 11.5 Å². The van der Waals surface area contributed by atoms with E-state index >= 15 is 0 Å². The van der Waals surface area contributed by atoms with E-state index in [1.165, 1.54) is 37.8 Å². The Morgan fingerprint density at radius 3 is 2.49 bits per heavy atom. The molecule has 1 aliphatic rings. The van der Waals surface area contributed by atoms with E-state index in [0.29, 0.717) is 27.6 Å². The van der Waals surface area contributed by atoms with Crippen LogP contribution in [0, 0.1) is 0 Å². The first-order chi connectivity index (χ1) is 18.8. The zero-order valence-electron chi connectivity index (χ0n) is 21.0. The van der Waals surface area contributed by atoms with Gasteiger partial charge in [-0.1, -0.05) is 12.1 Å². The number of rotatable bonds is 7. The van der Waals surface area contributed by atoms with E-state index in [0.717, 1.165) is 29.7 Å². The molecule has 0 radical (unpaired) electrons. The molecule has 0 saturated heterocycles. The molecule has 10 nitrogen and oxygen atoms in total. The second kappa shape index (κ2) is 12.7. The third kappa shape index (κ3) is 6.52. The van der Waals surface area contributed by atoms with Gasteiger partial charge < -0.3 is 19.5 Å². The second-order valence-corrected chi connectivity index (χ2v) is 10.3. The van der Waals surface area contributed by atoms with Crippen LogP contribution < -0.4 is 20.2 Å². The number of hydrogen-bond donors (Lipinski definition) is 2. The van der Waals surface area contributed by atoms with Crippen molar-refractivity contribution in [1.29, 1.82) is 0 Å². The highest BCUT2D eigenvalue weighted by atomic mass is 79.9. The summed E-state index contributed by atoms with van der Waals surface area (Å²) in [6.07, 6.45) is 4.76. The number of nitrogens with zero attached hydrogens (tertiary/aromatic N) is 1. The molecular formula is C27H24BrN3O7S. The maximum absolute atomic E-state index is 12.5. The third-order valence-electron chi connectivity index (χ3n) is 5.86. The van der Waals surface area contributed by atoms with Gasteiger partial charge in [0.2, 0.25) is 0 Å². The molecule has 0 saturated carbocycles. The summed E-state index contributed by atoms with van der Waals surface area (Å²) in [5.41, 5.74) is 4.19. The average molecular weight is 614 g/mol. The number of thiophene rings is 1. The molecule has 0 unspecified atom stereocenters. The summed E-state index contributed by atoms with van der Waals surface area (Å²) in [5, 5.41) is 6.63. The Balaban J connectivity index is 1.40. The minimum absolute atomic E-state index is 0.193. The van der Waals surface area contributed by atoms with Gasteiger partial charge in [0.15, 0.2) is 11.5 Å². The van der Waals surface area contributed by atoms with Crippen molar-refractivity contribution in [3.05, 3.63) is 74.1 Å². The quantitative estimate of drug-likeness (QED) is 0.132. The monoisotopic (exact) mass is 613 g/mol. The van der Waals surface area contributed by atoms with E-state index in [2.05, 4.69) is 31.8 Å². The van der Waals surface area contributed by atoms with Crippen LogP contribution in [0.5, 0.6) is 11.5 Å². The molecule has 0 atom stereocenters. The summed E-state index contributed by atoms with van der Waals surface area (Å²) in [5.74, 6) is -2.65. The first-order valence-corrected chi connectivity index (χ1v) is 13.4. The predicted octanol–water partition coefficient (Wildman–Crippen LogP) is 4.49. The number of halogens is 1. The molecule has 0 spiro atoms. The number of benzene rings is 2. The van der Waals surface area contributed by atoms with Crippen LogP contribution in [-0.2, 0) is 27.2 Å². The first-order valence-electron chi connectivity index (χ1n) is 11.8. The van der Waals surface area contributed by atoms with Gasteiger partial charge in [-0.05, 0) is 83.1 Å². The lowest BCUT2D eigenvalue weighted by molar-refractivity contribution is -0.136. The lowest BCUT2D eigenvalue weighted by atomic mass is 9.95. The van der Waals surface area contributed by atoms with Crippen LogP contribution >= 0.6 is 27.3 Å². The van der Waals surface area contributed by atoms with Crippen molar-refractivity contribution in [2.24, 2.45) is 5.10 Å². The van der Waals surface area contributed by atoms with Gasteiger partial charge in [-0.15, -0.1) is 11.3 Å². The fourth-order valence-corrected chi connectivity index (χ4v) is 5.70. The highest BCUT2D eigenvalue weighted by Gasteiger charge is 2.28. The average Bonchev–Trinajstić information content (AvgIpc) is 3.31. The Hall–Kier alpha value is -4.03. The molecule has 1 aromatic heterocycles. The molecule has 2 aromatic carbocycles. The van der Waals surface area contributed by atoms with Crippen molar-refractivity contribution in [2.75, 3.05) is 19.5 Å². The van der Waals surface area contributed by atoms with Gasteiger partial charge in [0.05, 0.1) is 31.6 Å². The molecule has 0 aliphatic heterocycles. The molecule has 4 rings (SSSR count). The summed E-state index contributed by atoms with van der Waals surface area (Å²) in [6, 6.07) is 11.5. The largest absolute Gasteiger partial charge is 0.493 e. The fourth-order valence-electron chi connectivity index (χ4n) is 3.98. The number of amides is 2. The van der Waals surface area contributed by atoms with Gasteiger partial charge in [-0.2, -0.15) is 5.10 Å². The molecule has 0 bridgehead atoms. The van der Waals surface area contributed by atoms with Crippen LogP contribution in [0.2, 0.25) is 0 Å². The molecular weight excluding hydrogens is 590 g/mol. The molecule has 0 fully saturated rings. The van der Waals surface area contributed by atoms with Crippen LogP contribution in [0.25, 0.3) is 0 Å². The van der Waals surface area contributed by atoms with Gasteiger partial charge in [0.25, 0.3) is 0 Å². The lowest BCUT2D eigenvalue weighted by Crippen LogP contribution is -2.32. The lowest BCUT2D eigenvalue weighted by Gasteiger charge is -2.11. The maximum Gasteiger partial charge on any atom is 0.344 e. The summed E-state index contributed by atoms with van der Waals surface area (Å²) >= 11 is 4.60. The van der Waals surface area contributed by atoms with Crippen LogP contribution in [-0.4, -0.2) is 44.2 Å². The molecule has 1 aliphatic carbocycles. The van der Waals surface area contributed by atoms with Gasteiger partial charge in [-0.3, -0.25) is 9.59 Å². The number of esters is 2. The summed E-state index contributed by atoms with van der Waals surface area (Å²) < 4.78 is 16.3. The highest BCUT2D eigenvalue weighted by Crippen LogP contribution is 2.38. The Morgan fingerprint density at radius 1 is 0.974 bits per heavy atom. The van der Waals surface area contributed by atoms with Gasteiger partial charge >= 0.3 is 23.8 Å². The van der Waals surface area contributed by atoms with Gasteiger partial charge in [0, 0.05) is 9.35 Å². The second-order valence-electron chi connectivity index (χ2n) is 8.34. The number of hydrogen-bond acceptors (Lipinski definition) is 9. The number of anilines is 1. The van der Waals surface area contributed by atoms with E-state index in [9.17, 15) is 19.2 Å². The molecule has 39 heavy (non-hydrogen) atoms. The van der Waals surface area contributed by atoms with Gasteiger partial charge in [0.1, 0.15) is 5.00 Å². The standard InChI is InChI=1S/C27H24BrN3O7S/c1-36-20-13-15(11-12-19(20)38-26(34)16-7-3-5-9-18(16)28)14-29-31-24(33)23(32)30-25-22(27(35)37-2)17-8-4-6-10-21(17)39-25/h3,5,7,9,11-14H,4,6,8,10H2,1-2H3,(H,30,32)(H,31,33)/b29-14+. The minimum Gasteiger partial charge on any atom is -0.493 e. The van der Waals surface area contributed by atoms with Crippen LogP contribution in [0.3, 0.4) is 0 Å². The smallest absolute Gasteiger partial charge is 0.344 e. The van der Waals surface area contributed by atoms with Crippen LogP contribution in [0.1, 0.15) is 49.6 Å². The summed E-state index contributed by atoms with van der Waals surface area (Å²) in [6.45, 7) is 0. The first kappa shape index (κ1) is 28.0. The fraction of sp³-hybridized carbons (Fsp3) is 0.222. The van der Waals surface area contributed by atoms with Crippen LogP contribution in [0.15, 0.2) is 52.0 Å².